The van der Waals surface area contributed by atoms with Gasteiger partial charge < -0.3 is 9.72 Å². The molecule has 32 heavy (non-hydrogen) atoms. The van der Waals surface area contributed by atoms with Gasteiger partial charge in [-0.3, -0.25) is 9.59 Å². The first-order chi connectivity index (χ1) is 15.5. The molecule has 0 spiro atoms. The van der Waals surface area contributed by atoms with Crippen LogP contribution in [0.2, 0.25) is 0 Å². The maximum atomic E-state index is 13.0. The van der Waals surface area contributed by atoms with Gasteiger partial charge in [0.25, 0.3) is 5.56 Å². The molecule has 0 bridgehead atoms. The van der Waals surface area contributed by atoms with E-state index in [1.54, 1.807) is 13.2 Å². The van der Waals surface area contributed by atoms with Gasteiger partial charge in [0, 0.05) is 33.1 Å². The van der Waals surface area contributed by atoms with Crippen LogP contribution in [0.5, 0.6) is 5.75 Å². The second kappa shape index (κ2) is 8.48. The van der Waals surface area contributed by atoms with Crippen molar-refractivity contribution in [1.29, 1.82) is 0 Å². The first-order valence-corrected chi connectivity index (χ1v) is 11.8. The lowest BCUT2D eigenvalue weighted by Crippen LogP contribution is -2.24. The van der Waals surface area contributed by atoms with E-state index in [1.165, 1.54) is 11.3 Å². The summed E-state index contributed by atoms with van der Waals surface area (Å²) >= 11 is 4.84. The smallest absolute Gasteiger partial charge is 0.258 e. The number of halogens is 1. The van der Waals surface area contributed by atoms with Crippen LogP contribution in [-0.4, -0.2) is 22.9 Å². The van der Waals surface area contributed by atoms with Crippen LogP contribution in [0.3, 0.4) is 0 Å². The van der Waals surface area contributed by atoms with Crippen LogP contribution in [0.1, 0.15) is 34.0 Å². The Kier molecular flexibility index (Phi) is 5.53. The molecule has 5 nitrogen and oxygen atoms in total. The van der Waals surface area contributed by atoms with Crippen LogP contribution in [0.25, 0.3) is 21.8 Å². The standard InChI is InChI=1S/C25H19BrN2O3S/c1-31-18-8-4-14(5-9-18)16-10-21-19(23(29)11-16)12-20(24(30)27-21)25-28-22(13-32-25)15-2-6-17(26)7-3-15/h2-9,12-13,16H,10-11H2,1H3,(H,27,30)/t16-/m1/s1. The molecule has 0 radical (unpaired) electrons. The Morgan fingerprint density at radius 1 is 1.03 bits per heavy atom. The molecule has 2 aromatic carbocycles. The zero-order chi connectivity index (χ0) is 22.2. The summed E-state index contributed by atoms with van der Waals surface area (Å²) in [6.45, 7) is 0. The minimum absolute atomic E-state index is 0.0336. The van der Waals surface area contributed by atoms with Crippen LogP contribution >= 0.6 is 27.3 Å². The molecule has 0 amide bonds. The average molecular weight is 507 g/mol. The Balaban J connectivity index is 1.46. The topological polar surface area (TPSA) is 72.0 Å². The predicted molar refractivity (Wildman–Crippen MR) is 130 cm³/mol. The highest BCUT2D eigenvalue weighted by molar-refractivity contribution is 9.10. The SMILES string of the molecule is COc1ccc([C@H]2CC(=O)c3cc(-c4nc(-c5ccc(Br)cc5)cs4)c(=O)[nH]c3C2)cc1. The molecule has 1 aliphatic rings. The van der Waals surface area contributed by atoms with Gasteiger partial charge in [0.15, 0.2) is 5.78 Å². The molecule has 4 aromatic rings. The quantitative estimate of drug-likeness (QED) is 0.376. The number of ether oxygens (including phenoxy) is 1. The second-order valence-electron chi connectivity index (χ2n) is 7.75. The fourth-order valence-corrected chi connectivity index (χ4v) is 5.16. The minimum Gasteiger partial charge on any atom is -0.497 e. The van der Waals surface area contributed by atoms with Crippen molar-refractivity contribution in [1.82, 2.24) is 9.97 Å². The molecular weight excluding hydrogens is 488 g/mol. The lowest BCUT2D eigenvalue weighted by atomic mass is 9.81. The number of thiazole rings is 1. The molecule has 160 valence electrons. The summed E-state index contributed by atoms with van der Waals surface area (Å²) in [5.41, 5.74) is 4.35. The normalized spacial score (nSPS) is 15.4. The number of hydrogen-bond acceptors (Lipinski definition) is 5. The van der Waals surface area contributed by atoms with Gasteiger partial charge in [0.05, 0.1) is 18.4 Å². The number of methoxy groups -OCH3 is 1. The maximum Gasteiger partial charge on any atom is 0.258 e. The van der Waals surface area contributed by atoms with Crippen molar-refractivity contribution in [3.05, 3.63) is 91.6 Å². The molecule has 1 atom stereocenters. The van der Waals surface area contributed by atoms with E-state index < -0.39 is 0 Å². The third-order valence-electron chi connectivity index (χ3n) is 5.77. The zero-order valence-electron chi connectivity index (χ0n) is 17.2. The highest BCUT2D eigenvalue weighted by Crippen LogP contribution is 2.34. The van der Waals surface area contributed by atoms with Crippen molar-refractivity contribution in [3.8, 4) is 27.6 Å². The first-order valence-electron chi connectivity index (χ1n) is 10.2. The molecule has 2 aromatic heterocycles. The number of fused-ring (bicyclic) bond motifs is 1. The fraction of sp³-hybridized carbons (Fsp3) is 0.160. The fourth-order valence-electron chi connectivity index (χ4n) is 4.05. The summed E-state index contributed by atoms with van der Waals surface area (Å²) in [7, 11) is 1.63. The Labute approximate surface area is 197 Å². The van der Waals surface area contributed by atoms with Gasteiger partial charge in [-0.15, -0.1) is 11.3 Å². The Morgan fingerprint density at radius 3 is 2.50 bits per heavy atom. The Morgan fingerprint density at radius 2 is 1.78 bits per heavy atom. The van der Waals surface area contributed by atoms with Gasteiger partial charge in [-0.25, -0.2) is 4.98 Å². The van der Waals surface area contributed by atoms with Gasteiger partial charge in [-0.05, 0) is 48.2 Å². The third kappa shape index (κ3) is 3.94. The Bertz CT molecular complexity index is 1360. The number of Topliss-reactive ketones (excluding diaryl/α,β-unsaturated/α-hetero) is 1. The predicted octanol–water partition coefficient (Wildman–Crippen LogP) is 5.85. The number of aromatic amines is 1. The van der Waals surface area contributed by atoms with Crippen molar-refractivity contribution in [2.24, 2.45) is 0 Å². The molecule has 5 rings (SSSR count). The zero-order valence-corrected chi connectivity index (χ0v) is 19.6. The number of nitrogens with one attached hydrogen (secondary N) is 1. The number of H-pyrrole nitrogens is 1. The van der Waals surface area contributed by atoms with E-state index in [0.29, 0.717) is 34.7 Å². The lowest BCUT2D eigenvalue weighted by Gasteiger charge is -2.24. The third-order valence-corrected chi connectivity index (χ3v) is 7.17. The molecule has 0 aliphatic heterocycles. The second-order valence-corrected chi connectivity index (χ2v) is 9.52. The van der Waals surface area contributed by atoms with Crippen molar-refractivity contribution in [2.75, 3.05) is 7.11 Å². The molecule has 0 fully saturated rings. The van der Waals surface area contributed by atoms with E-state index in [9.17, 15) is 9.59 Å². The number of pyridine rings is 1. The highest BCUT2D eigenvalue weighted by Gasteiger charge is 2.28. The minimum atomic E-state index is -0.219. The van der Waals surface area contributed by atoms with Gasteiger partial charge >= 0.3 is 0 Å². The van der Waals surface area contributed by atoms with E-state index in [2.05, 4.69) is 25.9 Å². The summed E-state index contributed by atoms with van der Waals surface area (Å²) in [6.07, 6.45) is 1.03. The number of benzene rings is 2. The van der Waals surface area contributed by atoms with Crippen molar-refractivity contribution in [3.63, 3.8) is 0 Å². The average Bonchev–Trinajstić information content (AvgIpc) is 3.29. The number of nitrogens with zero attached hydrogens (tertiary/aromatic N) is 1. The number of carbonyl (C=O) groups is 1. The maximum absolute atomic E-state index is 13.0. The van der Waals surface area contributed by atoms with Crippen molar-refractivity contribution < 1.29 is 9.53 Å². The molecule has 1 aliphatic carbocycles. The largest absolute Gasteiger partial charge is 0.497 e. The van der Waals surface area contributed by atoms with E-state index >= 15 is 0 Å². The van der Waals surface area contributed by atoms with E-state index in [0.717, 1.165) is 27.0 Å². The van der Waals surface area contributed by atoms with E-state index in [1.807, 2.05) is 53.9 Å². The van der Waals surface area contributed by atoms with Gasteiger partial charge in [-0.2, -0.15) is 0 Å². The molecule has 0 saturated heterocycles. The number of aromatic nitrogens is 2. The number of rotatable bonds is 4. The monoisotopic (exact) mass is 506 g/mol. The first kappa shape index (κ1) is 20.8. The van der Waals surface area contributed by atoms with Gasteiger partial charge in [0.2, 0.25) is 0 Å². The molecule has 2 heterocycles. The summed E-state index contributed by atoms with van der Waals surface area (Å²) in [5.74, 6) is 0.848. The molecule has 7 heteroatoms. The van der Waals surface area contributed by atoms with Gasteiger partial charge in [-0.1, -0.05) is 40.2 Å². The van der Waals surface area contributed by atoms with Gasteiger partial charge in [0.1, 0.15) is 10.8 Å². The molecular formula is C25H19BrN2O3S. The van der Waals surface area contributed by atoms with Crippen LogP contribution in [-0.2, 0) is 6.42 Å². The van der Waals surface area contributed by atoms with E-state index in [4.69, 9.17) is 4.74 Å². The van der Waals surface area contributed by atoms with Crippen LogP contribution in [0, 0.1) is 0 Å². The van der Waals surface area contributed by atoms with Crippen LogP contribution in [0.15, 0.2) is 69.2 Å². The van der Waals surface area contributed by atoms with Crippen molar-refractivity contribution in [2.45, 2.75) is 18.8 Å². The van der Waals surface area contributed by atoms with Crippen LogP contribution in [0.4, 0.5) is 0 Å². The summed E-state index contributed by atoms with van der Waals surface area (Å²) in [6, 6.07) is 17.3. The molecule has 1 N–H and O–H groups in total. The summed E-state index contributed by atoms with van der Waals surface area (Å²) < 4.78 is 6.21. The number of ketones is 1. The van der Waals surface area contributed by atoms with Crippen molar-refractivity contribution >= 4 is 33.0 Å². The molecule has 0 unspecified atom stereocenters. The van der Waals surface area contributed by atoms with E-state index in [-0.39, 0.29) is 17.3 Å². The number of carbonyl (C=O) groups excluding carboxylic acids is 1. The Hall–Kier alpha value is -3.03. The van der Waals surface area contributed by atoms with Crippen LogP contribution < -0.4 is 10.3 Å². The lowest BCUT2D eigenvalue weighted by molar-refractivity contribution is 0.0963. The highest BCUT2D eigenvalue weighted by atomic mass is 79.9. The summed E-state index contributed by atoms with van der Waals surface area (Å²) in [5, 5.41) is 2.54. The number of hydrogen-bond donors (Lipinski definition) is 1. The summed E-state index contributed by atoms with van der Waals surface area (Å²) in [4.78, 5) is 33.5. The molecule has 0 saturated carbocycles.